The minimum Gasteiger partial charge on any atom is -0.366 e. The average Bonchev–Trinajstić information content (AvgIpc) is 3.25. The number of rotatable bonds is 5. The predicted octanol–water partition coefficient (Wildman–Crippen LogP) is 2.97. The minimum atomic E-state index is -0.757. The van der Waals surface area contributed by atoms with Crippen molar-refractivity contribution < 1.29 is 18.8 Å². The average molecular weight is 412 g/mol. The van der Waals surface area contributed by atoms with Crippen molar-refractivity contribution in [3.05, 3.63) is 59.4 Å². The Kier molecular flexibility index (Phi) is 6.03. The summed E-state index contributed by atoms with van der Waals surface area (Å²) in [5.41, 5.74) is 6.81. The van der Waals surface area contributed by atoms with Gasteiger partial charge in [0.25, 0.3) is 5.91 Å². The lowest BCUT2D eigenvalue weighted by molar-refractivity contribution is -0.183. The highest BCUT2D eigenvalue weighted by Crippen LogP contribution is 2.36. The fraction of sp³-hybridized carbons (Fsp3) is 0.455. The van der Waals surface area contributed by atoms with Crippen LogP contribution in [0.5, 0.6) is 0 Å². The standard InChI is InChI=1S/C22H25FN4O3/c23-18-6-3-15(12-17(18)21(24)28)11-14-1-4-16(5-2-14)22(29)27-20(7-10-30-27)19-13-25-8-9-26-19/h3,6,8-9,12-14,16,20H,1-2,4-5,7,10-11H2,(H2,24,28)/t14?,16?,20-/m0/s1. The van der Waals surface area contributed by atoms with Crippen molar-refractivity contribution in [3.63, 3.8) is 0 Å². The van der Waals surface area contributed by atoms with Gasteiger partial charge in [-0.15, -0.1) is 0 Å². The first-order chi connectivity index (χ1) is 14.5. The molecule has 4 rings (SSSR count). The van der Waals surface area contributed by atoms with Crippen LogP contribution in [0.4, 0.5) is 4.39 Å². The van der Waals surface area contributed by atoms with E-state index < -0.39 is 11.7 Å². The van der Waals surface area contributed by atoms with Gasteiger partial charge in [0.1, 0.15) is 11.9 Å². The van der Waals surface area contributed by atoms with Gasteiger partial charge in [-0.2, -0.15) is 0 Å². The van der Waals surface area contributed by atoms with Crippen molar-refractivity contribution in [1.82, 2.24) is 15.0 Å². The minimum absolute atomic E-state index is 0.0133. The third-order valence-electron chi connectivity index (χ3n) is 6.06. The molecule has 1 atom stereocenters. The highest BCUT2D eigenvalue weighted by Gasteiger charge is 2.37. The Morgan fingerprint density at radius 1 is 1.17 bits per heavy atom. The molecule has 0 radical (unpaired) electrons. The number of nitrogens with zero attached hydrogens (tertiary/aromatic N) is 3. The molecule has 0 unspecified atom stereocenters. The maximum absolute atomic E-state index is 13.7. The summed E-state index contributed by atoms with van der Waals surface area (Å²) >= 11 is 0. The van der Waals surface area contributed by atoms with E-state index in [0.29, 0.717) is 18.9 Å². The van der Waals surface area contributed by atoms with Crippen molar-refractivity contribution in [2.24, 2.45) is 17.6 Å². The molecular formula is C22H25FN4O3. The zero-order valence-corrected chi connectivity index (χ0v) is 16.7. The van der Waals surface area contributed by atoms with Crippen LogP contribution in [0.1, 0.15) is 59.8 Å². The van der Waals surface area contributed by atoms with Crippen molar-refractivity contribution in [1.29, 1.82) is 0 Å². The summed E-state index contributed by atoms with van der Waals surface area (Å²) in [4.78, 5) is 38.5. The lowest BCUT2D eigenvalue weighted by Gasteiger charge is -2.31. The number of hydrogen-bond acceptors (Lipinski definition) is 5. The number of carbonyl (C=O) groups excluding carboxylic acids is 2. The monoisotopic (exact) mass is 412 g/mol. The number of hydroxylamine groups is 2. The molecule has 2 aromatic rings. The van der Waals surface area contributed by atoms with Gasteiger partial charge in [-0.3, -0.25) is 24.4 Å². The van der Waals surface area contributed by atoms with Crippen LogP contribution in [-0.4, -0.2) is 33.5 Å². The number of primary amides is 1. The smallest absolute Gasteiger partial charge is 0.251 e. The molecule has 0 spiro atoms. The second kappa shape index (κ2) is 8.87. The van der Waals surface area contributed by atoms with E-state index >= 15 is 0 Å². The fourth-order valence-corrected chi connectivity index (χ4v) is 4.45. The first kappa shape index (κ1) is 20.4. The molecule has 1 saturated carbocycles. The van der Waals surface area contributed by atoms with Crippen molar-refractivity contribution >= 4 is 11.8 Å². The molecule has 2 amide bonds. The number of nitrogens with two attached hydrogens (primary N) is 1. The maximum Gasteiger partial charge on any atom is 0.251 e. The van der Waals surface area contributed by atoms with Gasteiger partial charge in [0.2, 0.25) is 5.91 Å². The molecule has 30 heavy (non-hydrogen) atoms. The summed E-state index contributed by atoms with van der Waals surface area (Å²) in [6.07, 6.45) is 9.71. The Bertz CT molecular complexity index is 916. The Morgan fingerprint density at radius 3 is 2.67 bits per heavy atom. The van der Waals surface area contributed by atoms with Gasteiger partial charge >= 0.3 is 0 Å². The molecule has 158 valence electrons. The van der Waals surface area contributed by atoms with Gasteiger partial charge in [0.15, 0.2) is 0 Å². The van der Waals surface area contributed by atoms with Gasteiger partial charge in [-0.25, -0.2) is 9.45 Å². The van der Waals surface area contributed by atoms with Crippen LogP contribution < -0.4 is 5.73 Å². The molecule has 7 nitrogen and oxygen atoms in total. The summed E-state index contributed by atoms with van der Waals surface area (Å²) in [7, 11) is 0. The van der Waals surface area contributed by atoms with Gasteiger partial charge in [-0.05, 0) is 55.7 Å². The summed E-state index contributed by atoms with van der Waals surface area (Å²) in [6, 6.07) is 4.35. The number of carbonyl (C=O) groups is 2. The van der Waals surface area contributed by atoms with Crippen molar-refractivity contribution in [2.45, 2.75) is 44.6 Å². The molecule has 0 bridgehead atoms. The normalized spacial score (nSPS) is 24.0. The Labute approximate surface area is 174 Å². The van der Waals surface area contributed by atoms with E-state index in [-0.39, 0.29) is 23.4 Å². The van der Waals surface area contributed by atoms with E-state index in [0.717, 1.165) is 43.4 Å². The number of amides is 2. The van der Waals surface area contributed by atoms with Crippen LogP contribution in [-0.2, 0) is 16.1 Å². The molecule has 2 heterocycles. The molecule has 2 N–H and O–H groups in total. The van der Waals surface area contributed by atoms with Gasteiger partial charge < -0.3 is 5.73 Å². The van der Waals surface area contributed by atoms with E-state index in [1.54, 1.807) is 30.7 Å². The largest absolute Gasteiger partial charge is 0.366 e. The summed E-state index contributed by atoms with van der Waals surface area (Å²) in [5.74, 6) is -1.03. The van der Waals surface area contributed by atoms with Crippen LogP contribution in [0.2, 0.25) is 0 Å². The van der Waals surface area contributed by atoms with E-state index in [4.69, 9.17) is 10.6 Å². The van der Waals surface area contributed by atoms with E-state index in [1.807, 2.05) is 0 Å². The number of hydrogen-bond donors (Lipinski definition) is 1. The van der Waals surface area contributed by atoms with Crippen LogP contribution >= 0.6 is 0 Å². The van der Waals surface area contributed by atoms with E-state index in [9.17, 15) is 14.0 Å². The highest BCUT2D eigenvalue weighted by atomic mass is 19.1. The fourth-order valence-electron chi connectivity index (χ4n) is 4.45. The molecule has 2 aliphatic rings. The van der Waals surface area contributed by atoms with E-state index in [2.05, 4.69) is 9.97 Å². The molecule has 1 aromatic heterocycles. The van der Waals surface area contributed by atoms with Crippen LogP contribution in [0.25, 0.3) is 0 Å². The third-order valence-corrected chi connectivity index (χ3v) is 6.06. The topological polar surface area (TPSA) is 98.4 Å². The molecule has 8 heteroatoms. The Hall–Kier alpha value is -2.87. The number of halogens is 1. The van der Waals surface area contributed by atoms with Gasteiger partial charge in [0, 0.05) is 24.7 Å². The third kappa shape index (κ3) is 4.33. The molecular weight excluding hydrogens is 387 g/mol. The second-order valence-electron chi connectivity index (χ2n) is 8.03. The first-order valence-corrected chi connectivity index (χ1v) is 10.3. The van der Waals surface area contributed by atoms with E-state index in [1.165, 1.54) is 11.1 Å². The molecule has 1 saturated heterocycles. The van der Waals surface area contributed by atoms with Crippen LogP contribution in [0.3, 0.4) is 0 Å². The van der Waals surface area contributed by atoms with Gasteiger partial charge in [-0.1, -0.05) is 6.07 Å². The second-order valence-corrected chi connectivity index (χ2v) is 8.03. The Balaban J connectivity index is 1.35. The predicted molar refractivity (Wildman–Crippen MR) is 106 cm³/mol. The summed E-state index contributed by atoms with van der Waals surface area (Å²) < 4.78 is 13.7. The van der Waals surface area contributed by atoms with Crippen LogP contribution in [0, 0.1) is 17.7 Å². The molecule has 2 fully saturated rings. The zero-order valence-electron chi connectivity index (χ0n) is 16.7. The van der Waals surface area contributed by atoms with Crippen molar-refractivity contribution in [3.8, 4) is 0 Å². The first-order valence-electron chi connectivity index (χ1n) is 10.3. The molecule has 1 aliphatic heterocycles. The zero-order chi connectivity index (χ0) is 21.1. The lowest BCUT2D eigenvalue weighted by Crippen LogP contribution is -2.37. The van der Waals surface area contributed by atoms with Crippen LogP contribution in [0.15, 0.2) is 36.8 Å². The van der Waals surface area contributed by atoms with Gasteiger partial charge in [0.05, 0.1) is 24.1 Å². The number of aromatic nitrogens is 2. The Morgan fingerprint density at radius 2 is 1.97 bits per heavy atom. The quantitative estimate of drug-likeness (QED) is 0.814. The number of benzene rings is 1. The molecule has 1 aromatic carbocycles. The highest BCUT2D eigenvalue weighted by molar-refractivity contribution is 5.93. The summed E-state index contributed by atoms with van der Waals surface area (Å²) in [5, 5.41) is 1.49. The SMILES string of the molecule is NC(=O)c1cc(CC2CCC(C(=O)N3OCC[C@H]3c3cnccn3)CC2)ccc1F. The lowest BCUT2D eigenvalue weighted by atomic mass is 9.78. The maximum atomic E-state index is 13.7. The summed E-state index contributed by atoms with van der Waals surface area (Å²) in [6.45, 7) is 0.495. The molecule has 1 aliphatic carbocycles. The van der Waals surface area contributed by atoms with Crippen molar-refractivity contribution in [2.75, 3.05) is 6.61 Å².